The number of hydrogen-bond acceptors (Lipinski definition) is 5. The zero-order chi connectivity index (χ0) is 22.0. The third kappa shape index (κ3) is 4.13. The molecule has 2 atom stereocenters. The average Bonchev–Trinajstić information content (AvgIpc) is 3.18. The van der Waals surface area contributed by atoms with Gasteiger partial charge in [0.1, 0.15) is 0 Å². The molecule has 164 valence electrons. The molecule has 1 spiro atoms. The van der Waals surface area contributed by atoms with Crippen molar-refractivity contribution in [1.29, 1.82) is 0 Å². The Kier molecular flexibility index (Phi) is 5.91. The van der Waals surface area contributed by atoms with Gasteiger partial charge in [-0.15, -0.1) is 0 Å². The Hall–Kier alpha value is -2.80. The zero-order valence-electron chi connectivity index (χ0n) is 17.7. The van der Waals surface area contributed by atoms with E-state index in [-0.39, 0.29) is 11.8 Å². The van der Waals surface area contributed by atoms with Gasteiger partial charge in [-0.1, -0.05) is 29.8 Å². The predicted molar refractivity (Wildman–Crippen MR) is 122 cm³/mol. The number of likely N-dealkylation sites (tertiary alicyclic amines) is 1. The zero-order valence-corrected chi connectivity index (χ0v) is 18.5. The Morgan fingerprint density at radius 2 is 1.78 bits per heavy atom. The summed E-state index contributed by atoms with van der Waals surface area (Å²) in [6.45, 7) is 3.66. The van der Waals surface area contributed by atoms with E-state index in [1.165, 1.54) is 0 Å². The predicted octanol–water partition coefficient (Wildman–Crippen LogP) is 3.53. The number of benzene rings is 1. The molecule has 0 saturated carbocycles. The molecule has 0 N–H and O–H groups in total. The van der Waals surface area contributed by atoms with Gasteiger partial charge in [0.15, 0.2) is 5.60 Å². The molecule has 2 fully saturated rings. The summed E-state index contributed by atoms with van der Waals surface area (Å²) in [5.74, 6) is -0.0377. The molecule has 0 radical (unpaired) electrons. The summed E-state index contributed by atoms with van der Waals surface area (Å²) in [6.07, 6.45) is 7.14. The molecular formula is C25H25ClN4O2. The molecule has 0 bridgehead atoms. The van der Waals surface area contributed by atoms with Crippen molar-refractivity contribution >= 4 is 17.5 Å². The Balaban J connectivity index is 1.44. The van der Waals surface area contributed by atoms with Gasteiger partial charge in [0, 0.05) is 68.5 Å². The summed E-state index contributed by atoms with van der Waals surface area (Å²) < 4.78 is 6.37. The number of carbonyl (C=O) groups excluding carboxylic acids is 1. The van der Waals surface area contributed by atoms with E-state index in [0.29, 0.717) is 26.2 Å². The number of hydrogen-bond donors (Lipinski definition) is 0. The second kappa shape index (κ2) is 8.98. The van der Waals surface area contributed by atoms with Crippen LogP contribution in [0.15, 0.2) is 73.3 Å². The number of amides is 1. The maximum Gasteiger partial charge on any atom is 0.257 e. The third-order valence-corrected chi connectivity index (χ3v) is 6.61. The van der Waals surface area contributed by atoms with Crippen LogP contribution in [0.3, 0.4) is 0 Å². The number of rotatable bonds is 5. The smallest absolute Gasteiger partial charge is 0.257 e. The summed E-state index contributed by atoms with van der Waals surface area (Å²) in [4.78, 5) is 26.5. The number of halogens is 1. The second-order valence-corrected chi connectivity index (χ2v) is 8.89. The van der Waals surface area contributed by atoms with Crippen molar-refractivity contribution in [2.24, 2.45) is 0 Å². The Labute approximate surface area is 192 Å². The summed E-state index contributed by atoms with van der Waals surface area (Å²) in [6, 6.07) is 15.7. The summed E-state index contributed by atoms with van der Waals surface area (Å²) in [5, 5.41) is 0.720. The molecule has 7 heteroatoms. The minimum absolute atomic E-state index is 0.0491. The maximum atomic E-state index is 13.9. The second-order valence-electron chi connectivity index (χ2n) is 8.46. The van der Waals surface area contributed by atoms with Gasteiger partial charge < -0.3 is 9.64 Å². The molecule has 4 heterocycles. The number of pyridine rings is 2. The van der Waals surface area contributed by atoms with Crippen LogP contribution in [0, 0.1) is 0 Å². The van der Waals surface area contributed by atoms with Gasteiger partial charge in [0.05, 0.1) is 6.61 Å². The van der Waals surface area contributed by atoms with Gasteiger partial charge in [0.25, 0.3) is 5.91 Å². The standard InChI is InChI=1S/C25H25ClN4O2/c26-22-5-3-19(4-6-22)15-29-17-23(21-2-1-9-28-14-21)25(18-29)24(31)30(12-13-32-25)16-20-7-10-27-11-8-20/h1-11,14,23H,12-13,15-18H2. The van der Waals surface area contributed by atoms with Crippen molar-refractivity contribution in [3.63, 3.8) is 0 Å². The van der Waals surface area contributed by atoms with Crippen LogP contribution in [0.2, 0.25) is 5.02 Å². The first-order valence-corrected chi connectivity index (χ1v) is 11.2. The molecule has 6 nitrogen and oxygen atoms in total. The van der Waals surface area contributed by atoms with Gasteiger partial charge in [0.2, 0.25) is 0 Å². The van der Waals surface area contributed by atoms with Crippen LogP contribution in [-0.4, -0.2) is 57.5 Å². The van der Waals surface area contributed by atoms with E-state index in [4.69, 9.17) is 16.3 Å². The van der Waals surface area contributed by atoms with Crippen LogP contribution >= 0.6 is 11.6 Å². The van der Waals surface area contributed by atoms with Gasteiger partial charge >= 0.3 is 0 Å². The number of aromatic nitrogens is 2. The van der Waals surface area contributed by atoms with Crippen molar-refractivity contribution in [2.75, 3.05) is 26.2 Å². The van der Waals surface area contributed by atoms with E-state index in [9.17, 15) is 4.79 Å². The maximum absolute atomic E-state index is 13.9. The molecule has 2 aliphatic heterocycles. The van der Waals surface area contributed by atoms with Crippen LogP contribution < -0.4 is 0 Å². The number of ether oxygens (including phenoxy) is 1. The Bertz CT molecular complexity index is 1060. The fraction of sp³-hybridized carbons (Fsp3) is 0.320. The molecule has 2 saturated heterocycles. The van der Waals surface area contributed by atoms with E-state index in [1.807, 2.05) is 59.6 Å². The number of morpholine rings is 1. The SMILES string of the molecule is O=C1N(Cc2ccncc2)CCOC12CN(Cc1ccc(Cl)cc1)CC2c1cccnc1. The average molecular weight is 449 g/mol. The first kappa shape index (κ1) is 21.1. The topological polar surface area (TPSA) is 58.6 Å². The van der Waals surface area contributed by atoms with E-state index in [2.05, 4.69) is 14.9 Å². The lowest BCUT2D eigenvalue weighted by Crippen LogP contribution is -2.59. The highest BCUT2D eigenvalue weighted by molar-refractivity contribution is 6.30. The van der Waals surface area contributed by atoms with Crippen molar-refractivity contribution in [3.05, 3.63) is 95.0 Å². The Morgan fingerprint density at radius 1 is 1.00 bits per heavy atom. The monoisotopic (exact) mass is 448 g/mol. The van der Waals surface area contributed by atoms with Crippen molar-refractivity contribution < 1.29 is 9.53 Å². The van der Waals surface area contributed by atoms with Gasteiger partial charge in [-0.05, 0) is 47.0 Å². The van der Waals surface area contributed by atoms with Crippen LogP contribution in [0.25, 0.3) is 0 Å². The number of nitrogens with zero attached hydrogens (tertiary/aromatic N) is 4. The fourth-order valence-corrected chi connectivity index (χ4v) is 4.96. The lowest BCUT2D eigenvalue weighted by Gasteiger charge is -2.42. The molecule has 2 unspecified atom stereocenters. The molecule has 1 amide bonds. The van der Waals surface area contributed by atoms with Crippen LogP contribution in [0.1, 0.15) is 22.6 Å². The van der Waals surface area contributed by atoms with Gasteiger partial charge in [-0.3, -0.25) is 19.7 Å². The lowest BCUT2D eigenvalue weighted by molar-refractivity contribution is -0.173. The largest absolute Gasteiger partial charge is 0.361 e. The normalized spacial score (nSPS) is 23.7. The third-order valence-electron chi connectivity index (χ3n) is 6.36. The minimum Gasteiger partial charge on any atom is -0.361 e. The highest BCUT2D eigenvalue weighted by Gasteiger charge is 2.56. The van der Waals surface area contributed by atoms with Gasteiger partial charge in [-0.25, -0.2) is 0 Å². The lowest BCUT2D eigenvalue weighted by atomic mass is 9.83. The minimum atomic E-state index is -0.916. The summed E-state index contributed by atoms with van der Waals surface area (Å²) in [5.41, 5.74) is 2.35. The van der Waals surface area contributed by atoms with Crippen LogP contribution in [0.5, 0.6) is 0 Å². The van der Waals surface area contributed by atoms with Gasteiger partial charge in [-0.2, -0.15) is 0 Å². The van der Waals surface area contributed by atoms with Crippen molar-refractivity contribution in [1.82, 2.24) is 19.8 Å². The highest BCUT2D eigenvalue weighted by Crippen LogP contribution is 2.42. The number of carbonyl (C=O) groups is 1. The van der Waals surface area contributed by atoms with E-state index >= 15 is 0 Å². The van der Waals surface area contributed by atoms with Crippen molar-refractivity contribution in [3.8, 4) is 0 Å². The van der Waals surface area contributed by atoms with E-state index in [1.54, 1.807) is 18.6 Å². The van der Waals surface area contributed by atoms with Crippen LogP contribution in [0.4, 0.5) is 0 Å². The molecule has 32 heavy (non-hydrogen) atoms. The Morgan fingerprint density at radius 3 is 2.53 bits per heavy atom. The molecule has 2 aromatic heterocycles. The summed E-state index contributed by atoms with van der Waals surface area (Å²) in [7, 11) is 0. The van der Waals surface area contributed by atoms with E-state index < -0.39 is 5.60 Å². The fourth-order valence-electron chi connectivity index (χ4n) is 4.83. The first-order valence-electron chi connectivity index (χ1n) is 10.8. The molecule has 2 aliphatic rings. The highest BCUT2D eigenvalue weighted by atomic mass is 35.5. The van der Waals surface area contributed by atoms with Crippen LogP contribution in [-0.2, 0) is 22.6 Å². The quantitative estimate of drug-likeness (QED) is 0.597. The molecule has 5 rings (SSSR count). The first-order chi connectivity index (χ1) is 15.6. The van der Waals surface area contributed by atoms with E-state index in [0.717, 1.165) is 34.8 Å². The molecule has 3 aromatic rings. The molecule has 1 aromatic carbocycles. The molecule has 0 aliphatic carbocycles. The van der Waals surface area contributed by atoms with Crippen molar-refractivity contribution in [2.45, 2.75) is 24.6 Å². The summed E-state index contributed by atoms with van der Waals surface area (Å²) >= 11 is 6.06. The molecular weight excluding hydrogens is 424 g/mol.